The molecule has 0 radical (unpaired) electrons. The van der Waals surface area contributed by atoms with E-state index in [0.29, 0.717) is 16.5 Å². The Morgan fingerprint density at radius 1 is 1.13 bits per heavy atom. The van der Waals surface area contributed by atoms with Crippen molar-refractivity contribution in [3.05, 3.63) is 77.2 Å². The maximum Gasteiger partial charge on any atom is 0.331 e. The van der Waals surface area contributed by atoms with Gasteiger partial charge in [-0.05, 0) is 41.8 Å². The minimum atomic E-state index is -3.86. The van der Waals surface area contributed by atoms with Gasteiger partial charge in [0, 0.05) is 12.0 Å². The van der Waals surface area contributed by atoms with Gasteiger partial charge in [0.1, 0.15) is 11.8 Å². The van der Waals surface area contributed by atoms with Gasteiger partial charge in [-0.15, -0.1) is 6.42 Å². The zero-order chi connectivity index (χ0) is 22.9. The Hall–Kier alpha value is -3.57. The maximum absolute atomic E-state index is 12.6. The molecular formula is C23H24N2O5S. The predicted molar refractivity (Wildman–Crippen MR) is 119 cm³/mol. The number of hydrogen-bond acceptors (Lipinski definition) is 5. The molecule has 8 heteroatoms. The Morgan fingerprint density at radius 3 is 2.29 bits per heavy atom. The van der Waals surface area contributed by atoms with Crippen LogP contribution >= 0.6 is 0 Å². The molecule has 0 aliphatic rings. The van der Waals surface area contributed by atoms with Crippen LogP contribution in [0.5, 0.6) is 5.75 Å². The Balaban J connectivity index is 2.15. The second-order valence-electron chi connectivity index (χ2n) is 6.59. The fourth-order valence-electron chi connectivity index (χ4n) is 2.69. The molecule has 2 aromatic rings. The molecular weight excluding hydrogens is 416 g/mol. The largest absolute Gasteiger partial charge is 0.379 e. The van der Waals surface area contributed by atoms with E-state index in [1.165, 1.54) is 12.1 Å². The summed E-state index contributed by atoms with van der Waals surface area (Å²) in [4.78, 5) is 25.2. The van der Waals surface area contributed by atoms with Crippen molar-refractivity contribution in [2.24, 2.45) is 0 Å². The number of carbonyl (C=O) groups is 2. The molecule has 2 rings (SSSR count). The lowest BCUT2D eigenvalue weighted by atomic mass is 10.0. The minimum absolute atomic E-state index is 0.0303. The van der Waals surface area contributed by atoms with E-state index in [0.717, 1.165) is 12.0 Å². The van der Waals surface area contributed by atoms with Gasteiger partial charge in [-0.3, -0.25) is 9.59 Å². The Bertz CT molecular complexity index is 1070. The molecule has 0 saturated heterocycles. The summed E-state index contributed by atoms with van der Waals surface area (Å²) in [7, 11) is -3.86. The lowest BCUT2D eigenvalue weighted by Gasteiger charge is -2.18. The average Bonchev–Trinajstić information content (AvgIpc) is 2.78. The lowest BCUT2D eigenvalue weighted by molar-refractivity contribution is -0.122. The second kappa shape index (κ2) is 11.0. The molecule has 0 spiro atoms. The quantitative estimate of drug-likeness (QED) is 0.436. The highest BCUT2D eigenvalue weighted by atomic mass is 32.2. The molecule has 2 aromatic carbocycles. The molecule has 31 heavy (non-hydrogen) atoms. The summed E-state index contributed by atoms with van der Waals surface area (Å²) >= 11 is 0. The van der Waals surface area contributed by atoms with E-state index in [2.05, 4.69) is 23.1 Å². The SMILES string of the molecule is C#CCNC(=O)[C@H](Cc1ccc(OS(=O)(=O)C=C)cc1)NC(=O)c1ccc(CC)cc1. The van der Waals surface area contributed by atoms with Crippen LogP contribution in [-0.2, 0) is 27.8 Å². The Kier molecular flexibility index (Phi) is 8.41. The third-order valence-electron chi connectivity index (χ3n) is 4.39. The number of carbonyl (C=O) groups excluding carboxylic acids is 2. The number of amides is 2. The molecule has 0 saturated carbocycles. The normalized spacial score (nSPS) is 11.6. The monoisotopic (exact) mass is 440 g/mol. The third kappa shape index (κ3) is 7.32. The van der Waals surface area contributed by atoms with Crippen LogP contribution in [-0.4, -0.2) is 32.8 Å². The van der Waals surface area contributed by atoms with Gasteiger partial charge in [0.25, 0.3) is 5.91 Å². The molecule has 0 aliphatic heterocycles. The van der Waals surface area contributed by atoms with Gasteiger partial charge < -0.3 is 14.8 Å². The number of hydrogen-bond donors (Lipinski definition) is 2. The van der Waals surface area contributed by atoms with E-state index in [1.807, 2.05) is 19.1 Å². The summed E-state index contributed by atoms with van der Waals surface area (Å²) in [5.74, 6) is 1.62. The zero-order valence-corrected chi connectivity index (χ0v) is 17.9. The maximum atomic E-state index is 12.6. The Labute approximate surface area is 182 Å². The van der Waals surface area contributed by atoms with Crippen molar-refractivity contribution in [3.63, 3.8) is 0 Å². The molecule has 0 fully saturated rings. The van der Waals surface area contributed by atoms with Gasteiger partial charge in [0.05, 0.1) is 12.0 Å². The van der Waals surface area contributed by atoms with Gasteiger partial charge in [0.2, 0.25) is 5.91 Å². The first-order valence-corrected chi connectivity index (χ1v) is 11.0. The van der Waals surface area contributed by atoms with E-state index in [9.17, 15) is 18.0 Å². The second-order valence-corrected chi connectivity index (χ2v) is 8.07. The first kappa shape index (κ1) is 23.7. The summed E-state index contributed by atoms with van der Waals surface area (Å²) < 4.78 is 27.8. The first-order valence-electron chi connectivity index (χ1n) is 9.54. The number of benzene rings is 2. The van der Waals surface area contributed by atoms with Crippen LogP contribution in [0.3, 0.4) is 0 Å². The number of nitrogens with one attached hydrogen (secondary N) is 2. The van der Waals surface area contributed by atoms with Crippen molar-refractivity contribution >= 4 is 21.9 Å². The summed E-state index contributed by atoms with van der Waals surface area (Å²) in [5.41, 5.74) is 2.22. The number of rotatable bonds is 10. The van der Waals surface area contributed by atoms with Crippen LogP contribution in [0.15, 0.2) is 60.5 Å². The smallest absolute Gasteiger partial charge is 0.331 e. The summed E-state index contributed by atoms with van der Waals surface area (Å²) in [6.07, 6.45) is 6.23. The van der Waals surface area contributed by atoms with Gasteiger partial charge in [-0.2, -0.15) is 8.42 Å². The molecule has 0 aliphatic carbocycles. The number of terminal acetylenes is 1. The standard InChI is InChI=1S/C23H24N2O5S/c1-4-15-24-23(27)21(25-22(26)19-11-7-17(5-2)8-12-19)16-18-9-13-20(14-10-18)30-31(28,29)6-3/h1,6-14,21H,3,5,15-16H2,2H3,(H,24,27)(H,25,26)/t21-/m0/s1. The van der Waals surface area contributed by atoms with Gasteiger partial charge in [0.15, 0.2) is 0 Å². The van der Waals surface area contributed by atoms with E-state index in [-0.39, 0.29) is 24.6 Å². The van der Waals surface area contributed by atoms with E-state index >= 15 is 0 Å². The van der Waals surface area contributed by atoms with Crippen LogP contribution in [0.25, 0.3) is 0 Å². The van der Waals surface area contributed by atoms with Crippen molar-refractivity contribution in [2.45, 2.75) is 25.8 Å². The molecule has 162 valence electrons. The molecule has 2 amide bonds. The highest BCUT2D eigenvalue weighted by Gasteiger charge is 2.22. The molecule has 0 bridgehead atoms. The molecule has 0 heterocycles. The topological polar surface area (TPSA) is 102 Å². The zero-order valence-electron chi connectivity index (χ0n) is 17.1. The summed E-state index contributed by atoms with van der Waals surface area (Å²) in [6, 6.07) is 12.4. The average molecular weight is 441 g/mol. The van der Waals surface area contributed by atoms with Gasteiger partial charge >= 0.3 is 10.1 Å². The van der Waals surface area contributed by atoms with Gasteiger partial charge in [-0.25, -0.2) is 0 Å². The van der Waals surface area contributed by atoms with Crippen molar-refractivity contribution in [1.29, 1.82) is 0 Å². The molecule has 7 nitrogen and oxygen atoms in total. The number of aryl methyl sites for hydroxylation is 1. The van der Waals surface area contributed by atoms with Crippen LogP contribution in [0.2, 0.25) is 0 Å². The van der Waals surface area contributed by atoms with E-state index in [4.69, 9.17) is 10.6 Å². The molecule has 1 atom stereocenters. The van der Waals surface area contributed by atoms with Crippen LogP contribution in [0, 0.1) is 12.3 Å². The van der Waals surface area contributed by atoms with E-state index < -0.39 is 22.1 Å². The van der Waals surface area contributed by atoms with Crippen molar-refractivity contribution < 1.29 is 22.2 Å². The first-order chi connectivity index (χ1) is 14.8. The third-order valence-corrected chi connectivity index (χ3v) is 5.22. The van der Waals surface area contributed by atoms with Gasteiger partial charge in [-0.1, -0.05) is 43.7 Å². The summed E-state index contributed by atoms with van der Waals surface area (Å²) in [6.45, 7) is 5.23. The lowest BCUT2D eigenvalue weighted by Crippen LogP contribution is -2.48. The fraction of sp³-hybridized carbons (Fsp3) is 0.217. The van der Waals surface area contributed by atoms with E-state index in [1.54, 1.807) is 24.3 Å². The Morgan fingerprint density at radius 2 is 1.74 bits per heavy atom. The predicted octanol–water partition coefficient (Wildman–Crippen LogP) is 2.19. The molecule has 2 N–H and O–H groups in total. The highest BCUT2D eigenvalue weighted by molar-refractivity contribution is 7.90. The van der Waals surface area contributed by atoms with Crippen LogP contribution < -0.4 is 14.8 Å². The molecule has 0 unspecified atom stereocenters. The van der Waals surface area contributed by atoms with Crippen LogP contribution in [0.1, 0.15) is 28.4 Å². The summed E-state index contributed by atoms with van der Waals surface area (Å²) in [5, 5.41) is 6.01. The van der Waals surface area contributed by atoms with Crippen molar-refractivity contribution in [3.8, 4) is 18.1 Å². The van der Waals surface area contributed by atoms with Crippen molar-refractivity contribution in [1.82, 2.24) is 10.6 Å². The van der Waals surface area contributed by atoms with Crippen molar-refractivity contribution in [2.75, 3.05) is 6.54 Å². The molecule has 0 aromatic heterocycles. The minimum Gasteiger partial charge on any atom is -0.379 e. The van der Waals surface area contributed by atoms with Crippen LogP contribution in [0.4, 0.5) is 0 Å². The fourth-order valence-corrected chi connectivity index (χ4v) is 3.14. The highest BCUT2D eigenvalue weighted by Crippen LogP contribution is 2.16.